The summed E-state index contributed by atoms with van der Waals surface area (Å²) in [7, 11) is -3.06. The minimum atomic E-state index is -3.06. The van der Waals surface area contributed by atoms with Gasteiger partial charge in [0.2, 0.25) is 10.0 Å². The zero-order valence-corrected chi connectivity index (χ0v) is 13.0. The first kappa shape index (κ1) is 15.2. The number of rotatable bonds is 4. The van der Waals surface area contributed by atoms with Crippen LogP contribution in [0, 0.1) is 0 Å². The van der Waals surface area contributed by atoms with E-state index in [4.69, 9.17) is 5.73 Å². The number of sulfonamides is 1. The summed E-state index contributed by atoms with van der Waals surface area (Å²) < 4.78 is 26.7. The number of hydrogen-bond donors (Lipinski definition) is 1. The Kier molecular flexibility index (Phi) is 4.55. The Morgan fingerprint density at radius 1 is 1.11 bits per heavy atom. The van der Waals surface area contributed by atoms with Crippen LogP contribution in [-0.4, -0.2) is 61.1 Å². The third-order valence-corrected chi connectivity index (χ3v) is 7.08. The Balaban J connectivity index is 1.96. The van der Waals surface area contributed by atoms with Crippen molar-refractivity contribution in [1.82, 2.24) is 9.21 Å². The smallest absolute Gasteiger partial charge is 0.217 e. The van der Waals surface area contributed by atoms with Crippen LogP contribution in [-0.2, 0) is 10.0 Å². The van der Waals surface area contributed by atoms with Crippen LogP contribution in [0.4, 0.5) is 0 Å². The molecule has 0 spiro atoms. The highest BCUT2D eigenvalue weighted by Gasteiger charge is 2.37. The van der Waals surface area contributed by atoms with Crippen molar-refractivity contribution in [2.24, 2.45) is 5.73 Å². The number of nitrogens with zero attached hydrogens (tertiary/aromatic N) is 2. The molecule has 1 saturated carbocycles. The number of nitrogens with two attached hydrogens (primary N) is 1. The minimum absolute atomic E-state index is 0.0385. The van der Waals surface area contributed by atoms with Gasteiger partial charge in [0, 0.05) is 38.3 Å². The van der Waals surface area contributed by atoms with Crippen LogP contribution >= 0.6 is 0 Å². The zero-order chi connectivity index (χ0) is 14.1. The molecule has 0 bridgehead atoms. The first-order valence-electron chi connectivity index (χ1n) is 7.32. The monoisotopic (exact) mass is 289 g/mol. The van der Waals surface area contributed by atoms with Gasteiger partial charge in [0.25, 0.3) is 0 Å². The first-order chi connectivity index (χ1) is 8.88. The molecule has 1 aliphatic carbocycles. The zero-order valence-electron chi connectivity index (χ0n) is 12.1. The van der Waals surface area contributed by atoms with Crippen LogP contribution in [0.3, 0.4) is 0 Å². The molecule has 1 saturated heterocycles. The molecule has 0 radical (unpaired) electrons. The largest absolute Gasteiger partial charge is 0.329 e. The van der Waals surface area contributed by atoms with E-state index >= 15 is 0 Å². The highest BCUT2D eigenvalue weighted by Crippen LogP contribution is 2.28. The average molecular weight is 289 g/mol. The van der Waals surface area contributed by atoms with Gasteiger partial charge in [-0.25, -0.2) is 8.42 Å². The number of piperazine rings is 1. The van der Waals surface area contributed by atoms with Crippen molar-refractivity contribution in [2.45, 2.75) is 50.3 Å². The van der Waals surface area contributed by atoms with Gasteiger partial charge >= 0.3 is 0 Å². The summed E-state index contributed by atoms with van der Waals surface area (Å²) in [5, 5.41) is -0.124. The standard InChI is InChI=1S/C13H27N3O2S/c1-13(2,11-14)15-7-9-16(10-8-15)19(17,18)12-5-3-4-6-12/h12H,3-11,14H2,1-2H3. The van der Waals surface area contributed by atoms with E-state index in [9.17, 15) is 8.42 Å². The lowest BCUT2D eigenvalue weighted by Gasteiger charge is -2.43. The second-order valence-electron chi connectivity index (χ2n) is 6.35. The molecule has 6 heteroatoms. The maximum Gasteiger partial charge on any atom is 0.217 e. The first-order valence-corrected chi connectivity index (χ1v) is 8.82. The highest BCUT2D eigenvalue weighted by atomic mass is 32.2. The Labute approximate surface area is 117 Å². The molecular weight excluding hydrogens is 262 g/mol. The summed E-state index contributed by atoms with van der Waals surface area (Å²) in [5.74, 6) is 0. The summed E-state index contributed by atoms with van der Waals surface area (Å²) in [6.07, 6.45) is 3.81. The van der Waals surface area contributed by atoms with Gasteiger partial charge < -0.3 is 5.73 Å². The second kappa shape index (κ2) is 5.68. The topological polar surface area (TPSA) is 66.6 Å². The fourth-order valence-corrected chi connectivity index (χ4v) is 5.10. The molecule has 1 heterocycles. The van der Waals surface area contributed by atoms with E-state index in [1.54, 1.807) is 4.31 Å². The molecule has 2 N–H and O–H groups in total. The van der Waals surface area contributed by atoms with Crippen LogP contribution in [0.2, 0.25) is 0 Å². The molecule has 0 atom stereocenters. The minimum Gasteiger partial charge on any atom is -0.329 e. The molecule has 0 amide bonds. The molecule has 0 aromatic heterocycles. The SMILES string of the molecule is CC(C)(CN)N1CCN(S(=O)(=O)C2CCCC2)CC1. The lowest BCUT2D eigenvalue weighted by Crippen LogP contribution is -2.58. The molecule has 0 unspecified atom stereocenters. The van der Waals surface area contributed by atoms with Crippen LogP contribution in [0.15, 0.2) is 0 Å². The molecular formula is C13H27N3O2S. The lowest BCUT2D eigenvalue weighted by atomic mass is 10.0. The van der Waals surface area contributed by atoms with Gasteiger partial charge in [0.1, 0.15) is 0 Å². The van der Waals surface area contributed by atoms with Crippen molar-refractivity contribution in [2.75, 3.05) is 32.7 Å². The van der Waals surface area contributed by atoms with Crippen LogP contribution in [0.25, 0.3) is 0 Å². The van der Waals surface area contributed by atoms with E-state index in [1.807, 2.05) is 0 Å². The van der Waals surface area contributed by atoms with Gasteiger partial charge in [-0.05, 0) is 26.7 Å². The quantitative estimate of drug-likeness (QED) is 0.823. The fourth-order valence-electron chi connectivity index (χ4n) is 3.07. The maximum atomic E-state index is 12.5. The Hall–Kier alpha value is -0.170. The summed E-state index contributed by atoms with van der Waals surface area (Å²) in [6.45, 7) is 7.64. The van der Waals surface area contributed by atoms with Gasteiger partial charge in [-0.15, -0.1) is 0 Å². The predicted molar refractivity (Wildman–Crippen MR) is 77.5 cm³/mol. The lowest BCUT2D eigenvalue weighted by molar-refractivity contribution is 0.0846. The fraction of sp³-hybridized carbons (Fsp3) is 1.00. The van der Waals surface area contributed by atoms with Crippen LogP contribution in [0.5, 0.6) is 0 Å². The molecule has 0 aromatic rings. The highest BCUT2D eigenvalue weighted by molar-refractivity contribution is 7.89. The van der Waals surface area contributed by atoms with Crippen LogP contribution < -0.4 is 5.73 Å². The van der Waals surface area contributed by atoms with Crippen molar-refractivity contribution in [3.63, 3.8) is 0 Å². The Morgan fingerprint density at radius 3 is 2.11 bits per heavy atom. The van der Waals surface area contributed by atoms with E-state index in [0.717, 1.165) is 38.8 Å². The van der Waals surface area contributed by atoms with Gasteiger partial charge in [-0.3, -0.25) is 4.90 Å². The Morgan fingerprint density at radius 2 is 1.63 bits per heavy atom. The third kappa shape index (κ3) is 3.12. The van der Waals surface area contributed by atoms with E-state index in [-0.39, 0.29) is 10.8 Å². The van der Waals surface area contributed by atoms with Gasteiger partial charge in [-0.2, -0.15) is 4.31 Å². The van der Waals surface area contributed by atoms with Gasteiger partial charge in [0.05, 0.1) is 5.25 Å². The van der Waals surface area contributed by atoms with E-state index in [0.29, 0.717) is 19.6 Å². The average Bonchev–Trinajstić information content (AvgIpc) is 2.93. The molecule has 112 valence electrons. The van der Waals surface area contributed by atoms with E-state index in [2.05, 4.69) is 18.7 Å². The molecule has 1 aliphatic heterocycles. The van der Waals surface area contributed by atoms with Crippen LogP contribution in [0.1, 0.15) is 39.5 Å². The van der Waals surface area contributed by atoms with Gasteiger partial charge in [0.15, 0.2) is 0 Å². The van der Waals surface area contributed by atoms with E-state index < -0.39 is 10.0 Å². The summed E-state index contributed by atoms with van der Waals surface area (Å²) in [5.41, 5.74) is 5.75. The van der Waals surface area contributed by atoms with Crippen molar-refractivity contribution in [3.05, 3.63) is 0 Å². The summed E-state index contributed by atoms with van der Waals surface area (Å²) in [4.78, 5) is 2.30. The summed E-state index contributed by atoms with van der Waals surface area (Å²) >= 11 is 0. The normalized spacial score (nSPS) is 25.0. The molecule has 0 aromatic carbocycles. The predicted octanol–water partition coefficient (Wildman–Crippen LogP) is 0.614. The molecule has 19 heavy (non-hydrogen) atoms. The third-order valence-electron chi connectivity index (χ3n) is 4.68. The Bertz CT molecular complexity index is 394. The second-order valence-corrected chi connectivity index (χ2v) is 8.57. The maximum absolute atomic E-state index is 12.5. The molecule has 5 nitrogen and oxygen atoms in total. The van der Waals surface area contributed by atoms with Crippen molar-refractivity contribution < 1.29 is 8.42 Å². The van der Waals surface area contributed by atoms with Gasteiger partial charge in [-0.1, -0.05) is 12.8 Å². The van der Waals surface area contributed by atoms with Crippen molar-refractivity contribution >= 4 is 10.0 Å². The van der Waals surface area contributed by atoms with Crippen molar-refractivity contribution in [3.8, 4) is 0 Å². The molecule has 2 aliphatic rings. The molecule has 2 fully saturated rings. The van der Waals surface area contributed by atoms with E-state index in [1.165, 1.54) is 0 Å². The molecule has 2 rings (SSSR count). The summed E-state index contributed by atoms with van der Waals surface area (Å²) in [6, 6.07) is 0. The number of hydrogen-bond acceptors (Lipinski definition) is 4. The van der Waals surface area contributed by atoms with Crippen molar-refractivity contribution in [1.29, 1.82) is 0 Å².